The summed E-state index contributed by atoms with van der Waals surface area (Å²) in [6, 6.07) is 5.90. The van der Waals surface area contributed by atoms with Gasteiger partial charge >= 0.3 is 0 Å². The number of pyridine rings is 1. The van der Waals surface area contributed by atoms with Gasteiger partial charge in [0, 0.05) is 29.2 Å². The van der Waals surface area contributed by atoms with E-state index in [1.54, 1.807) is 29.9 Å². The molecule has 0 aromatic carbocycles. The monoisotopic (exact) mass is 336 g/mol. The Balaban J connectivity index is 1.96. The number of nitrogens with zero attached hydrogens (tertiary/aromatic N) is 4. The van der Waals surface area contributed by atoms with Gasteiger partial charge in [-0.3, -0.25) is 9.78 Å². The molecule has 4 aromatic rings. The van der Waals surface area contributed by atoms with E-state index >= 15 is 0 Å². The van der Waals surface area contributed by atoms with E-state index in [2.05, 4.69) is 29.7 Å². The molecule has 4 rings (SSSR count). The fraction of sp³-hybridized carbons (Fsp3) is 0.167. The van der Waals surface area contributed by atoms with Gasteiger partial charge in [-0.05, 0) is 30.7 Å². The minimum atomic E-state index is -0.0767. The van der Waals surface area contributed by atoms with Gasteiger partial charge < -0.3 is 4.57 Å². The Hall–Kier alpha value is -2.73. The number of rotatable bonds is 4. The molecule has 0 aliphatic rings. The number of hydrogen-bond donors (Lipinski definition) is 0. The second-order valence-electron chi connectivity index (χ2n) is 5.70. The third kappa shape index (κ3) is 2.27. The number of allylic oxidation sites excluding steroid dienone is 1. The zero-order valence-electron chi connectivity index (χ0n) is 13.3. The second-order valence-corrected chi connectivity index (χ2v) is 6.95. The molecule has 0 atom stereocenters. The van der Waals surface area contributed by atoms with Crippen LogP contribution >= 0.6 is 11.3 Å². The summed E-state index contributed by atoms with van der Waals surface area (Å²) in [7, 11) is 0. The molecule has 0 fully saturated rings. The summed E-state index contributed by atoms with van der Waals surface area (Å²) in [6.07, 6.45) is 7.06. The normalized spacial score (nSPS) is 11.4. The second kappa shape index (κ2) is 5.72. The summed E-state index contributed by atoms with van der Waals surface area (Å²) in [6.45, 7) is 6.94. The van der Waals surface area contributed by atoms with Gasteiger partial charge in [-0.1, -0.05) is 6.08 Å². The Morgan fingerprint density at radius 3 is 2.88 bits per heavy atom. The number of hydrogen-bond acceptors (Lipinski definition) is 4. The van der Waals surface area contributed by atoms with Crippen molar-refractivity contribution in [3.8, 4) is 0 Å². The molecule has 0 aliphatic heterocycles. The molecule has 4 heterocycles. The molecule has 4 aromatic heterocycles. The fourth-order valence-corrected chi connectivity index (χ4v) is 4.04. The van der Waals surface area contributed by atoms with Crippen molar-refractivity contribution < 1.29 is 0 Å². The van der Waals surface area contributed by atoms with Crippen molar-refractivity contribution in [3.63, 3.8) is 0 Å². The van der Waals surface area contributed by atoms with Crippen molar-refractivity contribution in [2.75, 3.05) is 0 Å². The lowest BCUT2D eigenvalue weighted by Gasteiger charge is -2.07. The molecule has 0 aliphatic carbocycles. The highest BCUT2D eigenvalue weighted by Crippen LogP contribution is 2.33. The lowest BCUT2D eigenvalue weighted by atomic mass is 10.3. The van der Waals surface area contributed by atoms with E-state index in [-0.39, 0.29) is 5.56 Å². The van der Waals surface area contributed by atoms with Gasteiger partial charge in [0.05, 0.1) is 23.0 Å². The number of aromatic nitrogens is 4. The van der Waals surface area contributed by atoms with E-state index in [1.165, 1.54) is 9.56 Å². The van der Waals surface area contributed by atoms with Gasteiger partial charge in [0.1, 0.15) is 5.52 Å². The van der Waals surface area contributed by atoms with Crippen LogP contribution in [0.4, 0.5) is 0 Å². The van der Waals surface area contributed by atoms with Crippen molar-refractivity contribution in [1.29, 1.82) is 0 Å². The van der Waals surface area contributed by atoms with E-state index < -0.39 is 0 Å². The number of aryl methyl sites for hydroxylation is 1. The average molecular weight is 336 g/mol. The minimum Gasteiger partial charge on any atom is -0.331 e. The maximum absolute atomic E-state index is 13.0. The van der Waals surface area contributed by atoms with E-state index in [0.717, 1.165) is 21.2 Å². The Kier molecular flexibility index (Phi) is 3.54. The first-order chi connectivity index (χ1) is 11.7. The first-order valence-corrected chi connectivity index (χ1v) is 8.49. The molecule has 6 heteroatoms. The van der Waals surface area contributed by atoms with Gasteiger partial charge in [0.25, 0.3) is 5.56 Å². The van der Waals surface area contributed by atoms with Crippen LogP contribution in [0, 0.1) is 6.92 Å². The zero-order chi connectivity index (χ0) is 16.7. The molecular formula is C18H16N4OS. The molecule has 0 bridgehead atoms. The molecular weight excluding hydrogens is 320 g/mol. The van der Waals surface area contributed by atoms with Gasteiger partial charge in [0.15, 0.2) is 0 Å². The molecule has 0 saturated heterocycles. The van der Waals surface area contributed by atoms with Crippen LogP contribution < -0.4 is 5.56 Å². The Morgan fingerprint density at radius 2 is 2.12 bits per heavy atom. The third-order valence-electron chi connectivity index (χ3n) is 4.05. The lowest BCUT2D eigenvalue weighted by molar-refractivity contribution is 0.642. The fourth-order valence-electron chi connectivity index (χ4n) is 3.01. The summed E-state index contributed by atoms with van der Waals surface area (Å²) in [5, 5.41) is 5.30. The van der Waals surface area contributed by atoms with Crippen LogP contribution in [-0.2, 0) is 13.1 Å². The van der Waals surface area contributed by atoms with Gasteiger partial charge in [-0.25, -0.2) is 4.68 Å². The largest absolute Gasteiger partial charge is 0.331 e. The maximum Gasteiger partial charge on any atom is 0.291 e. The summed E-state index contributed by atoms with van der Waals surface area (Å²) >= 11 is 1.70. The zero-order valence-corrected chi connectivity index (χ0v) is 14.1. The van der Waals surface area contributed by atoms with Crippen LogP contribution in [0.2, 0.25) is 0 Å². The van der Waals surface area contributed by atoms with E-state index in [9.17, 15) is 4.79 Å². The molecule has 24 heavy (non-hydrogen) atoms. The SMILES string of the molecule is C=CCn1c2cc(C)sc2c2cnn(Cc3ccncc3)c(=O)c21. The molecule has 0 amide bonds. The maximum atomic E-state index is 13.0. The van der Waals surface area contributed by atoms with Crippen molar-refractivity contribution in [1.82, 2.24) is 19.3 Å². The van der Waals surface area contributed by atoms with Crippen LogP contribution in [0.1, 0.15) is 10.4 Å². The quantitative estimate of drug-likeness (QED) is 0.537. The third-order valence-corrected chi connectivity index (χ3v) is 5.13. The van der Waals surface area contributed by atoms with Gasteiger partial charge in [0.2, 0.25) is 0 Å². The topological polar surface area (TPSA) is 52.7 Å². The average Bonchev–Trinajstić information content (AvgIpc) is 3.09. The van der Waals surface area contributed by atoms with Crippen LogP contribution in [0.15, 0.2) is 54.2 Å². The first kappa shape index (κ1) is 14.8. The molecule has 5 nitrogen and oxygen atoms in total. The molecule has 0 spiro atoms. The van der Waals surface area contributed by atoms with Gasteiger partial charge in [-0.2, -0.15) is 5.10 Å². The molecule has 120 valence electrons. The van der Waals surface area contributed by atoms with E-state index in [1.807, 2.05) is 22.8 Å². The Bertz CT molecular complexity index is 1100. The Morgan fingerprint density at radius 1 is 1.33 bits per heavy atom. The Labute approximate surface area is 142 Å². The smallest absolute Gasteiger partial charge is 0.291 e. The van der Waals surface area contributed by atoms with E-state index in [4.69, 9.17) is 0 Å². The van der Waals surface area contributed by atoms with Crippen LogP contribution in [0.3, 0.4) is 0 Å². The molecule has 0 saturated carbocycles. The molecule has 0 N–H and O–H groups in total. The first-order valence-electron chi connectivity index (χ1n) is 7.67. The summed E-state index contributed by atoms with van der Waals surface area (Å²) in [5.74, 6) is 0. The lowest BCUT2D eigenvalue weighted by Crippen LogP contribution is -2.24. The minimum absolute atomic E-state index is 0.0767. The van der Waals surface area contributed by atoms with Crippen LogP contribution in [-0.4, -0.2) is 19.3 Å². The van der Waals surface area contributed by atoms with Crippen LogP contribution in [0.5, 0.6) is 0 Å². The highest BCUT2D eigenvalue weighted by atomic mass is 32.1. The number of fused-ring (bicyclic) bond motifs is 3. The highest BCUT2D eigenvalue weighted by molar-refractivity contribution is 7.20. The van der Waals surface area contributed by atoms with Crippen molar-refractivity contribution >= 4 is 32.5 Å². The molecule has 0 unspecified atom stereocenters. The van der Waals surface area contributed by atoms with E-state index in [0.29, 0.717) is 18.6 Å². The summed E-state index contributed by atoms with van der Waals surface area (Å²) < 4.78 is 4.66. The predicted molar refractivity (Wildman–Crippen MR) is 97.6 cm³/mol. The van der Waals surface area contributed by atoms with Crippen LogP contribution in [0.25, 0.3) is 21.1 Å². The highest BCUT2D eigenvalue weighted by Gasteiger charge is 2.17. The van der Waals surface area contributed by atoms with Crippen molar-refractivity contribution in [3.05, 3.63) is 70.2 Å². The standard InChI is InChI=1S/C18H16N4OS/c1-3-8-21-15-9-12(2)24-17(15)14-10-20-22(18(23)16(14)21)11-13-4-6-19-7-5-13/h3-7,9-10H,1,8,11H2,2H3. The van der Waals surface area contributed by atoms with Crippen molar-refractivity contribution in [2.45, 2.75) is 20.0 Å². The molecule has 0 radical (unpaired) electrons. The summed E-state index contributed by atoms with van der Waals surface area (Å²) in [4.78, 5) is 18.2. The van der Waals surface area contributed by atoms with Crippen molar-refractivity contribution in [2.24, 2.45) is 0 Å². The number of thiophene rings is 1. The summed E-state index contributed by atoms with van der Waals surface area (Å²) in [5.41, 5.74) is 2.69. The van der Waals surface area contributed by atoms with Gasteiger partial charge in [-0.15, -0.1) is 17.9 Å². The predicted octanol–water partition coefficient (Wildman–Crippen LogP) is 3.35.